The summed E-state index contributed by atoms with van der Waals surface area (Å²) in [6.45, 7) is 0.424. The molecule has 7 heteroatoms. The smallest absolute Gasteiger partial charge is 0.335 e. The van der Waals surface area contributed by atoms with Crippen LogP contribution in [0.1, 0.15) is 27.8 Å². The lowest BCUT2D eigenvalue weighted by molar-refractivity contribution is -0.134. The van der Waals surface area contributed by atoms with E-state index in [1.807, 2.05) is 30.3 Å². The quantitative estimate of drug-likeness (QED) is 0.357. The van der Waals surface area contributed by atoms with Crippen LogP contribution in [0.5, 0.6) is 23.0 Å². The molecule has 4 aromatic rings. The van der Waals surface area contributed by atoms with Gasteiger partial charge in [0.15, 0.2) is 11.5 Å². The first kappa shape index (κ1) is 23.6. The molecule has 1 atom stereocenters. The van der Waals surface area contributed by atoms with E-state index in [9.17, 15) is 15.0 Å². The topological polar surface area (TPSA) is 94.5 Å². The van der Waals surface area contributed by atoms with E-state index < -0.39 is 11.6 Å². The van der Waals surface area contributed by atoms with Gasteiger partial charge >= 0.3 is 5.97 Å². The fourth-order valence-corrected chi connectivity index (χ4v) is 5.07. The van der Waals surface area contributed by atoms with Gasteiger partial charge in [-0.25, -0.2) is 4.79 Å². The molecule has 190 valence electrons. The molecule has 0 spiro atoms. The normalized spacial score (nSPS) is 17.3. The molecule has 38 heavy (non-hydrogen) atoms. The summed E-state index contributed by atoms with van der Waals surface area (Å²) < 4.78 is 22.3. The molecule has 0 fully saturated rings. The third-order valence-electron chi connectivity index (χ3n) is 6.89. The maximum atomic E-state index is 12.9. The Bertz CT molecular complexity index is 1560. The Morgan fingerprint density at radius 2 is 1.63 bits per heavy atom. The van der Waals surface area contributed by atoms with Gasteiger partial charge < -0.3 is 29.2 Å². The zero-order chi connectivity index (χ0) is 26.3. The average molecular weight is 509 g/mol. The zero-order valence-electron chi connectivity index (χ0n) is 20.5. The summed E-state index contributed by atoms with van der Waals surface area (Å²) in [5, 5.41) is 22.9. The summed E-state index contributed by atoms with van der Waals surface area (Å²) in [7, 11) is 1.55. The van der Waals surface area contributed by atoms with Crippen molar-refractivity contribution in [1.82, 2.24) is 0 Å². The molecule has 0 saturated carbocycles. The van der Waals surface area contributed by atoms with Crippen LogP contribution < -0.4 is 18.9 Å². The molecule has 4 aromatic carbocycles. The van der Waals surface area contributed by atoms with Crippen molar-refractivity contribution in [2.45, 2.75) is 12.2 Å². The van der Waals surface area contributed by atoms with E-state index in [2.05, 4.69) is 0 Å². The third-order valence-corrected chi connectivity index (χ3v) is 6.89. The predicted molar refractivity (Wildman–Crippen MR) is 139 cm³/mol. The molecular formula is C31H24O7. The number of carbonyl (C=O) groups is 1. The van der Waals surface area contributed by atoms with Gasteiger partial charge in [-0.05, 0) is 58.7 Å². The Kier molecular flexibility index (Phi) is 5.77. The highest BCUT2D eigenvalue weighted by Crippen LogP contribution is 2.53. The second kappa shape index (κ2) is 9.28. The summed E-state index contributed by atoms with van der Waals surface area (Å²) in [6, 6.07) is 27.0. The highest BCUT2D eigenvalue weighted by molar-refractivity contribution is 6.07. The fraction of sp³-hybridized carbons (Fsp3) is 0.129. The summed E-state index contributed by atoms with van der Waals surface area (Å²) >= 11 is 0. The van der Waals surface area contributed by atoms with Crippen LogP contribution in [0.15, 0.2) is 96.6 Å². The molecule has 1 unspecified atom stereocenters. The Balaban J connectivity index is 1.52. The van der Waals surface area contributed by atoms with E-state index in [1.165, 1.54) is 0 Å². The first-order valence-electron chi connectivity index (χ1n) is 12.1. The summed E-state index contributed by atoms with van der Waals surface area (Å²) in [5.74, 6) is 0.964. The number of carboxylic acid groups (broad SMARTS) is 1. The standard InChI is InChI=1S/C31H24O7/c1-35-22-10-8-21(9-11-22)31(34)25-16-23(36-17-19-5-3-2-4-6-19)12-13-24(25)28(29(31)30(32)33)20-7-14-26-27(15-20)38-18-37-26/h2-16,34H,17-18H2,1H3,(H,32,33). The molecule has 0 aromatic heterocycles. The number of aliphatic carboxylic acids is 1. The minimum Gasteiger partial charge on any atom is -0.497 e. The Labute approximate surface area is 219 Å². The number of methoxy groups -OCH3 is 1. The molecule has 0 radical (unpaired) electrons. The van der Waals surface area contributed by atoms with Gasteiger partial charge in [0, 0.05) is 11.1 Å². The van der Waals surface area contributed by atoms with Crippen LogP contribution in [0.3, 0.4) is 0 Å². The molecule has 2 N–H and O–H groups in total. The predicted octanol–water partition coefficient (Wildman–Crippen LogP) is 5.14. The first-order valence-corrected chi connectivity index (χ1v) is 12.1. The van der Waals surface area contributed by atoms with Crippen molar-refractivity contribution in [2.24, 2.45) is 0 Å². The number of ether oxygens (including phenoxy) is 4. The van der Waals surface area contributed by atoms with E-state index in [-0.39, 0.29) is 12.4 Å². The second-order valence-corrected chi connectivity index (χ2v) is 9.04. The maximum absolute atomic E-state index is 12.9. The first-order chi connectivity index (χ1) is 18.5. The van der Waals surface area contributed by atoms with Gasteiger partial charge in [0.05, 0.1) is 12.7 Å². The Morgan fingerprint density at radius 1 is 0.895 bits per heavy atom. The SMILES string of the molecule is COc1ccc(C2(O)C(C(=O)O)=C(c3ccc4c(c3)OCO4)c3ccc(OCc4ccccc4)cc32)cc1. The van der Waals surface area contributed by atoms with Crippen molar-refractivity contribution in [3.05, 3.63) is 124 Å². The van der Waals surface area contributed by atoms with Crippen molar-refractivity contribution in [1.29, 1.82) is 0 Å². The number of rotatable bonds is 7. The molecular weight excluding hydrogens is 484 g/mol. The number of fused-ring (bicyclic) bond motifs is 2. The van der Waals surface area contributed by atoms with Crippen molar-refractivity contribution < 1.29 is 34.0 Å². The molecule has 0 saturated heterocycles. The van der Waals surface area contributed by atoms with Gasteiger partial charge in [0.25, 0.3) is 0 Å². The monoisotopic (exact) mass is 508 g/mol. The van der Waals surface area contributed by atoms with Gasteiger partial charge in [0.1, 0.15) is 23.7 Å². The van der Waals surface area contributed by atoms with Crippen molar-refractivity contribution in [3.63, 3.8) is 0 Å². The van der Waals surface area contributed by atoms with Crippen molar-refractivity contribution >= 4 is 11.5 Å². The highest BCUT2D eigenvalue weighted by atomic mass is 16.7. The van der Waals surface area contributed by atoms with Crippen LogP contribution in [-0.2, 0) is 17.0 Å². The van der Waals surface area contributed by atoms with E-state index in [1.54, 1.807) is 67.8 Å². The lowest BCUT2D eigenvalue weighted by atomic mass is 9.83. The average Bonchev–Trinajstić information content (AvgIpc) is 3.53. The maximum Gasteiger partial charge on any atom is 0.335 e. The van der Waals surface area contributed by atoms with Gasteiger partial charge in [-0.15, -0.1) is 0 Å². The second-order valence-electron chi connectivity index (χ2n) is 9.04. The molecule has 1 aliphatic carbocycles. The van der Waals surface area contributed by atoms with Crippen LogP contribution in [0, 0.1) is 0 Å². The minimum absolute atomic E-state index is 0.0953. The number of aliphatic hydroxyl groups is 1. The van der Waals surface area contributed by atoms with E-state index in [0.717, 1.165) is 5.56 Å². The molecule has 0 bridgehead atoms. The van der Waals surface area contributed by atoms with Crippen LogP contribution in [0.4, 0.5) is 0 Å². The molecule has 6 rings (SSSR count). The summed E-state index contributed by atoms with van der Waals surface area (Å²) in [6.07, 6.45) is 0. The van der Waals surface area contributed by atoms with Gasteiger partial charge in [-0.2, -0.15) is 0 Å². The molecule has 7 nitrogen and oxygen atoms in total. The van der Waals surface area contributed by atoms with Crippen LogP contribution in [0.2, 0.25) is 0 Å². The molecule has 1 heterocycles. The number of carboxylic acids is 1. The van der Waals surface area contributed by atoms with E-state index in [0.29, 0.717) is 57.4 Å². The largest absolute Gasteiger partial charge is 0.497 e. The summed E-state index contributed by atoms with van der Waals surface area (Å²) in [4.78, 5) is 12.9. The molecule has 2 aliphatic rings. The highest BCUT2D eigenvalue weighted by Gasteiger charge is 2.49. The fourth-order valence-electron chi connectivity index (χ4n) is 5.07. The van der Waals surface area contributed by atoms with Crippen LogP contribution in [-0.4, -0.2) is 30.1 Å². The minimum atomic E-state index is -1.95. The van der Waals surface area contributed by atoms with Gasteiger partial charge in [0.2, 0.25) is 6.79 Å². The van der Waals surface area contributed by atoms with Crippen LogP contribution in [0.25, 0.3) is 5.57 Å². The van der Waals surface area contributed by atoms with Crippen molar-refractivity contribution in [2.75, 3.05) is 13.9 Å². The zero-order valence-corrected chi connectivity index (χ0v) is 20.5. The Morgan fingerprint density at radius 3 is 2.37 bits per heavy atom. The lowest BCUT2D eigenvalue weighted by Gasteiger charge is -2.27. The van der Waals surface area contributed by atoms with E-state index >= 15 is 0 Å². The molecule has 1 aliphatic heterocycles. The lowest BCUT2D eigenvalue weighted by Crippen LogP contribution is -2.31. The van der Waals surface area contributed by atoms with Crippen molar-refractivity contribution in [3.8, 4) is 23.0 Å². The molecule has 0 amide bonds. The third kappa shape index (κ3) is 3.84. The Hall–Kier alpha value is -4.75. The number of hydrogen-bond acceptors (Lipinski definition) is 6. The number of hydrogen-bond donors (Lipinski definition) is 2. The number of benzene rings is 4. The van der Waals surface area contributed by atoms with Gasteiger partial charge in [-0.1, -0.05) is 54.6 Å². The van der Waals surface area contributed by atoms with E-state index in [4.69, 9.17) is 18.9 Å². The summed E-state index contributed by atoms with van der Waals surface area (Å²) in [5.41, 5.74) is 1.28. The van der Waals surface area contributed by atoms with Gasteiger partial charge in [-0.3, -0.25) is 0 Å². The van der Waals surface area contributed by atoms with Crippen LogP contribution >= 0.6 is 0 Å².